The Bertz CT molecular complexity index is 1100. The summed E-state index contributed by atoms with van der Waals surface area (Å²) in [5.41, 5.74) is 3.94. The first kappa shape index (κ1) is 21.9. The number of aryl methyl sites for hydroxylation is 2. The van der Waals surface area contributed by atoms with E-state index in [-0.39, 0.29) is 12.0 Å². The molecule has 3 aromatic rings. The normalized spacial score (nSPS) is 18.8. The van der Waals surface area contributed by atoms with Crippen molar-refractivity contribution in [2.45, 2.75) is 65.0 Å². The molecule has 0 amide bonds. The first-order chi connectivity index (χ1) is 15.3. The highest BCUT2D eigenvalue weighted by Gasteiger charge is 2.28. The van der Waals surface area contributed by atoms with E-state index >= 15 is 0 Å². The Morgan fingerprint density at radius 3 is 2.75 bits per heavy atom. The van der Waals surface area contributed by atoms with Gasteiger partial charge < -0.3 is 9.84 Å². The molecule has 0 unspecified atom stereocenters. The number of hydrogen-bond acceptors (Lipinski definition) is 7. The highest BCUT2D eigenvalue weighted by Crippen LogP contribution is 2.30. The molecule has 1 aliphatic rings. The number of carbonyl (C=O) groups is 1. The van der Waals surface area contributed by atoms with Crippen LogP contribution in [0.3, 0.4) is 0 Å². The number of pyridine rings is 1. The zero-order valence-electron chi connectivity index (χ0n) is 18.9. The fourth-order valence-electron chi connectivity index (χ4n) is 4.02. The maximum absolute atomic E-state index is 11.3. The Labute approximate surface area is 186 Å². The predicted octanol–water partition coefficient (Wildman–Crippen LogP) is 2.97. The van der Waals surface area contributed by atoms with Crippen molar-refractivity contribution >= 4 is 5.97 Å². The lowest BCUT2D eigenvalue weighted by Crippen LogP contribution is -2.29. The van der Waals surface area contributed by atoms with Crippen LogP contribution in [0, 0.1) is 12.8 Å². The van der Waals surface area contributed by atoms with Gasteiger partial charge in [0.05, 0.1) is 41.3 Å². The van der Waals surface area contributed by atoms with E-state index in [4.69, 9.17) is 9.72 Å². The van der Waals surface area contributed by atoms with Crippen molar-refractivity contribution in [3.8, 4) is 17.1 Å². The third-order valence-corrected chi connectivity index (χ3v) is 5.95. The number of nitrogens with zero attached hydrogens (tertiary/aromatic N) is 7. The molecule has 0 aliphatic heterocycles. The number of ether oxygens (including phenoxy) is 1. The Morgan fingerprint density at radius 1 is 1.25 bits per heavy atom. The summed E-state index contributed by atoms with van der Waals surface area (Å²) in [5, 5.41) is 26.2. The molecule has 170 valence electrons. The summed E-state index contributed by atoms with van der Waals surface area (Å²) in [4.78, 5) is 16.0. The van der Waals surface area contributed by atoms with Gasteiger partial charge in [0, 0.05) is 13.2 Å². The number of aliphatic carboxylic acids is 1. The molecule has 0 saturated heterocycles. The molecule has 1 fully saturated rings. The van der Waals surface area contributed by atoms with Crippen molar-refractivity contribution in [1.29, 1.82) is 0 Å². The first-order valence-corrected chi connectivity index (χ1v) is 11.0. The van der Waals surface area contributed by atoms with Crippen LogP contribution in [0.2, 0.25) is 0 Å². The summed E-state index contributed by atoms with van der Waals surface area (Å²) >= 11 is 0. The fraction of sp³-hybridized carbons (Fsp3) is 0.545. The van der Waals surface area contributed by atoms with E-state index < -0.39 is 5.97 Å². The lowest BCUT2D eigenvalue weighted by Gasteiger charge is -2.27. The van der Waals surface area contributed by atoms with Gasteiger partial charge in [-0.1, -0.05) is 24.3 Å². The average Bonchev–Trinajstić information content (AvgIpc) is 3.37. The van der Waals surface area contributed by atoms with Gasteiger partial charge in [0.2, 0.25) is 0 Å². The molecular weight excluding hydrogens is 410 g/mol. The summed E-state index contributed by atoms with van der Waals surface area (Å²) in [6, 6.07) is 3.75. The lowest BCUT2D eigenvalue weighted by molar-refractivity contribution is -0.143. The lowest BCUT2D eigenvalue weighted by atomic mass is 9.87. The number of carboxylic acid groups (broad SMARTS) is 1. The van der Waals surface area contributed by atoms with Crippen molar-refractivity contribution in [2.75, 3.05) is 0 Å². The van der Waals surface area contributed by atoms with Crippen LogP contribution < -0.4 is 4.74 Å². The van der Waals surface area contributed by atoms with Crippen molar-refractivity contribution in [1.82, 2.24) is 35.0 Å². The van der Waals surface area contributed by atoms with Gasteiger partial charge in [-0.25, -0.2) is 14.3 Å². The number of carboxylic acids is 1. The number of aromatic nitrogens is 7. The molecule has 0 bridgehead atoms. The third-order valence-electron chi connectivity index (χ3n) is 5.95. The Hall–Kier alpha value is -3.30. The monoisotopic (exact) mass is 439 g/mol. The van der Waals surface area contributed by atoms with Crippen molar-refractivity contribution in [3.63, 3.8) is 0 Å². The minimum atomic E-state index is -0.744. The largest absolute Gasteiger partial charge is 0.489 e. The van der Waals surface area contributed by atoms with Gasteiger partial charge in [0.15, 0.2) is 0 Å². The molecule has 3 aromatic heterocycles. The number of hydrogen-bond donors (Lipinski definition) is 1. The van der Waals surface area contributed by atoms with E-state index in [1.807, 2.05) is 32.3 Å². The molecule has 2 atom stereocenters. The molecule has 1 N–H and O–H groups in total. The van der Waals surface area contributed by atoms with Crippen LogP contribution in [0.5, 0.6) is 5.75 Å². The summed E-state index contributed by atoms with van der Waals surface area (Å²) in [5.74, 6) is -0.101. The number of rotatable bonds is 7. The fourth-order valence-corrected chi connectivity index (χ4v) is 4.02. The second-order valence-corrected chi connectivity index (χ2v) is 8.73. The van der Waals surface area contributed by atoms with Gasteiger partial charge >= 0.3 is 5.97 Å². The van der Waals surface area contributed by atoms with Crippen LogP contribution in [0.4, 0.5) is 0 Å². The molecule has 10 nitrogen and oxygen atoms in total. The van der Waals surface area contributed by atoms with Crippen molar-refractivity contribution < 1.29 is 14.6 Å². The van der Waals surface area contributed by atoms with E-state index in [0.717, 1.165) is 29.9 Å². The first-order valence-electron chi connectivity index (χ1n) is 11.0. The molecule has 0 spiro atoms. The van der Waals surface area contributed by atoms with Gasteiger partial charge in [-0.3, -0.25) is 4.79 Å². The highest BCUT2D eigenvalue weighted by atomic mass is 16.5. The Morgan fingerprint density at radius 2 is 2.06 bits per heavy atom. The van der Waals surface area contributed by atoms with Crippen molar-refractivity contribution in [2.24, 2.45) is 13.0 Å². The zero-order valence-corrected chi connectivity index (χ0v) is 18.9. The second-order valence-electron chi connectivity index (χ2n) is 8.73. The Kier molecular flexibility index (Phi) is 6.20. The van der Waals surface area contributed by atoms with Gasteiger partial charge in [-0.05, 0) is 50.7 Å². The molecule has 1 saturated carbocycles. The van der Waals surface area contributed by atoms with E-state index in [9.17, 15) is 9.90 Å². The minimum Gasteiger partial charge on any atom is -0.489 e. The van der Waals surface area contributed by atoms with Crippen molar-refractivity contribution in [3.05, 3.63) is 35.4 Å². The third kappa shape index (κ3) is 4.63. The van der Waals surface area contributed by atoms with E-state index in [1.165, 1.54) is 0 Å². The molecule has 1 aliphatic carbocycles. The topological polar surface area (TPSA) is 121 Å². The van der Waals surface area contributed by atoms with Crippen LogP contribution in [-0.2, 0) is 18.4 Å². The summed E-state index contributed by atoms with van der Waals surface area (Å²) in [6.45, 7) is 6.53. The molecule has 0 radical (unpaired) electrons. The van der Waals surface area contributed by atoms with E-state index in [2.05, 4.69) is 34.5 Å². The second kappa shape index (κ2) is 9.05. The standard InChI is InChI=1S/C22H29N7O3/c1-13(2)18-11-29(27-24-18)12-19-21(25-26-28(19)4)17-8-9-20(14(3)23-17)32-16-7-5-6-15(10-16)22(30)31/h8-9,11,13,15-16H,5-7,10,12H2,1-4H3,(H,30,31)/t15-,16-/m0/s1. The summed E-state index contributed by atoms with van der Waals surface area (Å²) < 4.78 is 9.63. The van der Waals surface area contributed by atoms with E-state index in [0.29, 0.717) is 42.4 Å². The molecule has 3 heterocycles. The van der Waals surface area contributed by atoms with Crippen LogP contribution in [0.15, 0.2) is 18.3 Å². The summed E-state index contributed by atoms with van der Waals surface area (Å²) in [6.07, 6.45) is 4.79. The maximum atomic E-state index is 11.3. The van der Waals surface area contributed by atoms with E-state index in [1.54, 1.807) is 9.36 Å². The highest BCUT2D eigenvalue weighted by molar-refractivity contribution is 5.70. The van der Waals surface area contributed by atoms with Gasteiger partial charge in [0.1, 0.15) is 11.4 Å². The quantitative estimate of drug-likeness (QED) is 0.596. The van der Waals surface area contributed by atoms with Gasteiger partial charge in [-0.2, -0.15) is 0 Å². The molecule has 4 rings (SSSR count). The summed E-state index contributed by atoms with van der Waals surface area (Å²) in [7, 11) is 1.85. The average molecular weight is 440 g/mol. The van der Waals surface area contributed by atoms with Crippen LogP contribution in [-0.4, -0.2) is 52.2 Å². The van der Waals surface area contributed by atoms with Crippen LogP contribution in [0.1, 0.15) is 62.5 Å². The molecule has 32 heavy (non-hydrogen) atoms. The minimum absolute atomic E-state index is 0.106. The smallest absolute Gasteiger partial charge is 0.306 e. The Balaban J connectivity index is 1.52. The van der Waals surface area contributed by atoms with Gasteiger partial charge in [-0.15, -0.1) is 10.2 Å². The van der Waals surface area contributed by atoms with Gasteiger partial charge in [0.25, 0.3) is 0 Å². The molecule has 0 aromatic carbocycles. The predicted molar refractivity (Wildman–Crippen MR) is 116 cm³/mol. The SMILES string of the molecule is Cc1nc(-c2nnn(C)c2Cn2cc(C(C)C)nn2)ccc1O[C@H]1CCC[C@H](C(=O)O)C1. The van der Waals surface area contributed by atoms with Crippen LogP contribution in [0.25, 0.3) is 11.4 Å². The zero-order chi connectivity index (χ0) is 22.8. The molecule has 10 heteroatoms. The molecular formula is C22H29N7O3. The maximum Gasteiger partial charge on any atom is 0.306 e. The van der Waals surface area contributed by atoms with Crippen LogP contribution >= 0.6 is 0 Å².